The Morgan fingerprint density at radius 2 is 2.17 bits per heavy atom. The summed E-state index contributed by atoms with van der Waals surface area (Å²) in [5.41, 5.74) is 2.75. The molecule has 1 saturated heterocycles. The smallest absolute Gasteiger partial charge is 0.257 e. The Bertz CT molecular complexity index is 746. The van der Waals surface area contributed by atoms with Gasteiger partial charge in [0.05, 0.1) is 23.5 Å². The van der Waals surface area contributed by atoms with Gasteiger partial charge in [0.15, 0.2) is 0 Å². The van der Waals surface area contributed by atoms with Crippen LogP contribution in [0.4, 0.5) is 0 Å². The molecule has 24 heavy (non-hydrogen) atoms. The van der Waals surface area contributed by atoms with E-state index in [0.29, 0.717) is 5.92 Å². The zero-order chi connectivity index (χ0) is 16.7. The molecule has 2 aliphatic heterocycles. The molecule has 0 bridgehead atoms. The van der Waals surface area contributed by atoms with Crippen LogP contribution in [0, 0.1) is 0 Å². The van der Waals surface area contributed by atoms with E-state index in [1.165, 1.54) is 0 Å². The molecular formula is C18H24N4O2. The third-order valence-electron chi connectivity index (χ3n) is 5.18. The molecule has 0 N–H and O–H groups in total. The molecule has 128 valence electrons. The topological polar surface area (TPSA) is 64.2 Å². The Labute approximate surface area is 141 Å². The van der Waals surface area contributed by atoms with Crippen LogP contribution in [-0.2, 0) is 13.0 Å². The zero-order valence-electron chi connectivity index (χ0n) is 14.4. The van der Waals surface area contributed by atoms with Crippen LogP contribution >= 0.6 is 0 Å². The van der Waals surface area contributed by atoms with Gasteiger partial charge in [-0.2, -0.15) is 5.10 Å². The number of carbonyl (C=O) groups is 1. The molecule has 2 aromatic heterocycles. The second-order valence-corrected chi connectivity index (χ2v) is 7.15. The summed E-state index contributed by atoms with van der Waals surface area (Å²) in [6, 6.07) is 2.03. The van der Waals surface area contributed by atoms with E-state index >= 15 is 0 Å². The molecule has 1 fully saturated rings. The van der Waals surface area contributed by atoms with Crippen LogP contribution < -0.4 is 0 Å². The lowest BCUT2D eigenvalue weighted by Crippen LogP contribution is -2.31. The number of aromatic nitrogens is 3. The van der Waals surface area contributed by atoms with Crippen molar-refractivity contribution in [2.75, 3.05) is 6.54 Å². The van der Waals surface area contributed by atoms with E-state index in [0.717, 1.165) is 67.9 Å². The summed E-state index contributed by atoms with van der Waals surface area (Å²) >= 11 is 0. The van der Waals surface area contributed by atoms with Crippen molar-refractivity contribution in [3.05, 3.63) is 35.0 Å². The summed E-state index contributed by atoms with van der Waals surface area (Å²) in [6.45, 7) is 5.87. The van der Waals surface area contributed by atoms with E-state index in [1.807, 2.05) is 15.6 Å². The maximum absolute atomic E-state index is 13.1. The fourth-order valence-corrected chi connectivity index (χ4v) is 3.80. The molecule has 0 spiro atoms. The first-order valence-corrected chi connectivity index (χ1v) is 8.97. The number of nitrogens with zero attached hydrogens (tertiary/aromatic N) is 4. The molecule has 2 aliphatic rings. The van der Waals surface area contributed by atoms with Crippen LogP contribution in [0.2, 0.25) is 0 Å². The third-order valence-corrected chi connectivity index (χ3v) is 5.18. The van der Waals surface area contributed by atoms with Crippen molar-refractivity contribution in [3.63, 3.8) is 0 Å². The van der Waals surface area contributed by atoms with E-state index in [9.17, 15) is 4.79 Å². The van der Waals surface area contributed by atoms with Gasteiger partial charge in [-0.25, -0.2) is 0 Å². The maximum Gasteiger partial charge on any atom is 0.257 e. The van der Waals surface area contributed by atoms with Crippen molar-refractivity contribution in [3.8, 4) is 0 Å². The van der Waals surface area contributed by atoms with Crippen molar-refractivity contribution in [1.29, 1.82) is 0 Å². The Balaban J connectivity index is 1.60. The first-order chi connectivity index (χ1) is 11.6. The number of hydrogen-bond acceptors (Lipinski definition) is 4. The fraction of sp³-hybridized carbons (Fsp3) is 0.611. The predicted octanol–water partition coefficient (Wildman–Crippen LogP) is 3.31. The number of carbonyl (C=O) groups excluding carboxylic acids is 1. The molecule has 0 radical (unpaired) electrons. The highest BCUT2D eigenvalue weighted by Gasteiger charge is 2.35. The second-order valence-electron chi connectivity index (χ2n) is 7.15. The minimum Gasteiger partial charge on any atom is -0.361 e. The minimum atomic E-state index is 0.0212. The average Bonchev–Trinajstić information content (AvgIpc) is 3.31. The van der Waals surface area contributed by atoms with Crippen LogP contribution in [0.1, 0.15) is 79.0 Å². The first-order valence-electron chi connectivity index (χ1n) is 8.97. The monoisotopic (exact) mass is 328 g/mol. The molecule has 6 nitrogen and oxygen atoms in total. The van der Waals surface area contributed by atoms with E-state index in [1.54, 1.807) is 6.20 Å². The number of aryl methyl sites for hydroxylation is 1. The van der Waals surface area contributed by atoms with Crippen LogP contribution in [0.15, 0.2) is 16.8 Å². The zero-order valence-corrected chi connectivity index (χ0v) is 14.4. The number of amides is 1. The molecule has 2 aromatic rings. The molecule has 1 amide bonds. The normalized spacial score (nSPS) is 20.6. The second kappa shape index (κ2) is 6.07. The van der Waals surface area contributed by atoms with Gasteiger partial charge in [0.25, 0.3) is 5.91 Å². The van der Waals surface area contributed by atoms with Gasteiger partial charge in [-0.15, -0.1) is 0 Å². The SMILES string of the molecule is CC(C)c1cc([C@H]2CCCN2C(=O)c2cnn3c2CCCC3)no1. The quantitative estimate of drug-likeness (QED) is 0.867. The van der Waals surface area contributed by atoms with Crippen LogP contribution in [-0.4, -0.2) is 32.3 Å². The van der Waals surface area contributed by atoms with Gasteiger partial charge in [-0.05, 0) is 32.1 Å². The van der Waals surface area contributed by atoms with Gasteiger partial charge >= 0.3 is 0 Å². The number of likely N-dealkylation sites (tertiary alicyclic amines) is 1. The van der Waals surface area contributed by atoms with Gasteiger partial charge in [-0.3, -0.25) is 9.48 Å². The Morgan fingerprint density at radius 3 is 2.96 bits per heavy atom. The van der Waals surface area contributed by atoms with Gasteiger partial charge in [-0.1, -0.05) is 19.0 Å². The van der Waals surface area contributed by atoms with E-state index in [4.69, 9.17) is 4.52 Å². The minimum absolute atomic E-state index is 0.0212. The largest absolute Gasteiger partial charge is 0.361 e. The summed E-state index contributed by atoms with van der Waals surface area (Å²) in [6.07, 6.45) is 6.92. The highest BCUT2D eigenvalue weighted by Crippen LogP contribution is 2.34. The predicted molar refractivity (Wildman–Crippen MR) is 88.8 cm³/mol. The van der Waals surface area contributed by atoms with Crippen molar-refractivity contribution < 1.29 is 9.32 Å². The van der Waals surface area contributed by atoms with Crippen molar-refractivity contribution in [2.45, 2.75) is 64.5 Å². The summed E-state index contributed by atoms with van der Waals surface area (Å²) in [5, 5.41) is 8.64. The van der Waals surface area contributed by atoms with Crippen LogP contribution in [0.25, 0.3) is 0 Å². The molecule has 6 heteroatoms. The summed E-state index contributed by atoms with van der Waals surface area (Å²) in [4.78, 5) is 15.1. The van der Waals surface area contributed by atoms with Gasteiger partial charge < -0.3 is 9.42 Å². The van der Waals surface area contributed by atoms with Crippen LogP contribution in [0.5, 0.6) is 0 Å². The number of fused-ring (bicyclic) bond motifs is 1. The number of rotatable bonds is 3. The summed E-state index contributed by atoms with van der Waals surface area (Å²) < 4.78 is 7.44. The molecule has 1 atom stereocenters. The molecule has 4 rings (SSSR count). The Kier molecular flexibility index (Phi) is 3.90. The molecule has 0 unspecified atom stereocenters. The third kappa shape index (κ3) is 2.54. The molecule has 0 saturated carbocycles. The van der Waals surface area contributed by atoms with E-state index < -0.39 is 0 Å². The van der Waals surface area contributed by atoms with E-state index in [2.05, 4.69) is 24.1 Å². The lowest BCUT2D eigenvalue weighted by Gasteiger charge is -2.23. The molecule has 4 heterocycles. The molecule has 0 aromatic carbocycles. The summed E-state index contributed by atoms with van der Waals surface area (Å²) in [7, 11) is 0. The van der Waals surface area contributed by atoms with E-state index in [-0.39, 0.29) is 11.9 Å². The first kappa shape index (κ1) is 15.4. The van der Waals surface area contributed by atoms with Crippen molar-refractivity contribution in [2.24, 2.45) is 0 Å². The standard InChI is InChI=1S/C18H24N4O2/c1-12(2)17-10-14(20-24-17)16-7-5-8-21(16)18(23)13-11-19-22-9-4-3-6-15(13)22/h10-12,16H,3-9H2,1-2H3/t16-/m1/s1. The van der Waals surface area contributed by atoms with Crippen molar-refractivity contribution in [1.82, 2.24) is 19.8 Å². The Morgan fingerprint density at radius 1 is 1.29 bits per heavy atom. The molecular weight excluding hydrogens is 304 g/mol. The van der Waals surface area contributed by atoms with Gasteiger partial charge in [0.1, 0.15) is 11.5 Å². The van der Waals surface area contributed by atoms with Gasteiger partial charge in [0, 0.05) is 25.1 Å². The van der Waals surface area contributed by atoms with Crippen LogP contribution in [0.3, 0.4) is 0 Å². The summed E-state index contributed by atoms with van der Waals surface area (Å²) in [5.74, 6) is 1.28. The van der Waals surface area contributed by atoms with Gasteiger partial charge in [0.2, 0.25) is 0 Å². The number of hydrogen-bond donors (Lipinski definition) is 0. The van der Waals surface area contributed by atoms with Crippen molar-refractivity contribution >= 4 is 5.91 Å². The lowest BCUT2D eigenvalue weighted by atomic mass is 10.0. The lowest BCUT2D eigenvalue weighted by molar-refractivity contribution is 0.0729. The fourth-order valence-electron chi connectivity index (χ4n) is 3.80. The highest BCUT2D eigenvalue weighted by molar-refractivity contribution is 5.95. The highest BCUT2D eigenvalue weighted by atomic mass is 16.5. The Hall–Kier alpha value is -2.11. The maximum atomic E-state index is 13.1. The molecule has 0 aliphatic carbocycles. The average molecular weight is 328 g/mol.